The van der Waals surface area contributed by atoms with Gasteiger partial charge in [0.25, 0.3) is 10.0 Å². The van der Waals surface area contributed by atoms with Gasteiger partial charge in [-0.2, -0.15) is 0 Å². The molecule has 3 aromatic rings. The molecule has 0 saturated carbocycles. The number of ether oxygens (including phenoxy) is 1. The van der Waals surface area contributed by atoms with E-state index in [0.29, 0.717) is 10.8 Å². The molecule has 1 heterocycles. The fourth-order valence-corrected chi connectivity index (χ4v) is 6.19. The lowest BCUT2D eigenvalue weighted by molar-refractivity contribution is -0.119. The first-order valence-electron chi connectivity index (χ1n) is 12.8. The van der Waals surface area contributed by atoms with Crippen molar-refractivity contribution in [1.82, 2.24) is 10.2 Å². The molecular weight excluding hydrogens is 522 g/mol. The minimum atomic E-state index is -4.09. The smallest absolute Gasteiger partial charge is 0.264 e. The van der Waals surface area contributed by atoms with Crippen LogP contribution in [0.4, 0.5) is 5.69 Å². The molecule has 1 amide bonds. The van der Waals surface area contributed by atoms with E-state index in [1.807, 2.05) is 19.1 Å². The van der Waals surface area contributed by atoms with Crippen LogP contribution in [0.3, 0.4) is 0 Å². The first-order chi connectivity index (χ1) is 18.3. The highest BCUT2D eigenvalue weighted by Gasteiger charge is 2.29. The summed E-state index contributed by atoms with van der Waals surface area (Å²) in [5, 5.41) is 3.21. The summed E-state index contributed by atoms with van der Waals surface area (Å²) in [4.78, 5) is 15.6. The van der Waals surface area contributed by atoms with E-state index in [1.54, 1.807) is 24.3 Å². The van der Waals surface area contributed by atoms with Crippen LogP contribution in [0.5, 0.6) is 5.75 Å². The number of likely N-dealkylation sites (tertiary alicyclic amines) is 1. The van der Waals surface area contributed by atoms with Gasteiger partial charge in [-0.05, 0) is 74.3 Å². The molecule has 1 saturated heterocycles. The molecule has 0 spiro atoms. The monoisotopic (exact) mass is 555 g/mol. The number of nitrogens with one attached hydrogen (secondary N) is 1. The maximum absolute atomic E-state index is 13.7. The van der Waals surface area contributed by atoms with Crippen LogP contribution < -0.4 is 14.4 Å². The van der Waals surface area contributed by atoms with Crippen LogP contribution in [0.2, 0.25) is 5.02 Å². The van der Waals surface area contributed by atoms with Gasteiger partial charge in [-0.3, -0.25) is 14.0 Å². The first kappa shape index (κ1) is 28.0. The zero-order valence-electron chi connectivity index (χ0n) is 21.8. The molecule has 0 aromatic heterocycles. The van der Waals surface area contributed by atoms with Crippen molar-refractivity contribution < 1.29 is 17.9 Å². The summed E-state index contributed by atoms with van der Waals surface area (Å²) < 4.78 is 33.9. The van der Waals surface area contributed by atoms with Crippen molar-refractivity contribution in [3.63, 3.8) is 0 Å². The lowest BCUT2D eigenvalue weighted by atomic mass is 10.1. The Hall–Kier alpha value is -3.07. The van der Waals surface area contributed by atoms with Gasteiger partial charge in [-0.25, -0.2) is 8.42 Å². The van der Waals surface area contributed by atoms with Crippen molar-refractivity contribution in [2.75, 3.05) is 31.0 Å². The summed E-state index contributed by atoms with van der Waals surface area (Å²) >= 11 is 6.22. The van der Waals surface area contributed by atoms with E-state index in [9.17, 15) is 13.2 Å². The van der Waals surface area contributed by atoms with Crippen molar-refractivity contribution >= 4 is 33.2 Å². The first-order valence-corrected chi connectivity index (χ1v) is 14.6. The van der Waals surface area contributed by atoms with Crippen molar-refractivity contribution in [2.24, 2.45) is 0 Å². The molecule has 0 radical (unpaired) electrons. The zero-order chi connectivity index (χ0) is 27.1. The highest BCUT2D eigenvalue weighted by molar-refractivity contribution is 7.92. The van der Waals surface area contributed by atoms with Gasteiger partial charge in [0, 0.05) is 18.1 Å². The van der Waals surface area contributed by atoms with Gasteiger partial charge in [0.05, 0.1) is 17.7 Å². The minimum Gasteiger partial charge on any atom is -0.495 e. The lowest BCUT2D eigenvalue weighted by Crippen LogP contribution is -2.41. The van der Waals surface area contributed by atoms with E-state index >= 15 is 0 Å². The van der Waals surface area contributed by atoms with Crippen molar-refractivity contribution in [1.29, 1.82) is 0 Å². The maximum Gasteiger partial charge on any atom is 0.264 e. The molecule has 1 aliphatic heterocycles. The van der Waals surface area contributed by atoms with Crippen LogP contribution in [0.1, 0.15) is 36.0 Å². The van der Waals surface area contributed by atoms with E-state index in [2.05, 4.69) is 22.3 Å². The Bertz CT molecular complexity index is 1360. The second-order valence-corrected chi connectivity index (χ2v) is 11.9. The third kappa shape index (κ3) is 7.07. The Labute approximate surface area is 230 Å². The van der Waals surface area contributed by atoms with E-state index in [4.69, 9.17) is 16.3 Å². The lowest BCUT2D eigenvalue weighted by Gasteiger charge is -2.26. The second-order valence-electron chi connectivity index (χ2n) is 9.57. The van der Waals surface area contributed by atoms with Crippen molar-refractivity contribution in [3.8, 4) is 5.75 Å². The Kier molecular flexibility index (Phi) is 9.31. The van der Waals surface area contributed by atoms with Crippen LogP contribution >= 0.6 is 11.6 Å². The largest absolute Gasteiger partial charge is 0.495 e. The summed E-state index contributed by atoms with van der Waals surface area (Å²) in [5.41, 5.74) is 3.28. The second kappa shape index (κ2) is 12.7. The number of methoxy groups -OCH3 is 1. The van der Waals surface area contributed by atoms with E-state index in [0.717, 1.165) is 35.1 Å². The van der Waals surface area contributed by atoms with E-state index in [-0.39, 0.29) is 17.1 Å². The van der Waals surface area contributed by atoms with Crippen LogP contribution in [0.15, 0.2) is 71.6 Å². The summed E-state index contributed by atoms with van der Waals surface area (Å²) in [6.07, 6.45) is 3.75. The molecule has 1 N–H and O–H groups in total. The van der Waals surface area contributed by atoms with Crippen molar-refractivity contribution in [2.45, 2.75) is 44.2 Å². The number of piperidine rings is 1. The van der Waals surface area contributed by atoms with Gasteiger partial charge >= 0.3 is 0 Å². The Morgan fingerprint density at radius 2 is 1.71 bits per heavy atom. The molecule has 0 aliphatic carbocycles. The fourth-order valence-electron chi connectivity index (χ4n) is 4.60. The molecule has 38 heavy (non-hydrogen) atoms. The average molecular weight is 556 g/mol. The quantitative estimate of drug-likeness (QED) is 0.374. The Morgan fingerprint density at radius 3 is 2.42 bits per heavy atom. The number of hydrogen-bond acceptors (Lipinski definition) is 5. The highest BCUT2D eigenvalue weighted by Crippen LogP contribution is 2.34. The molecule has 1 fully saturated rings. The molecular formula is C29H34ClN3O4S. The number of amides is 1. The van der Waals surface area contributed by atoms with Gasteiger partial charge in [-0.1, -0.05) is 60.0 Å². The molecule has 1 aliphatic rings. The number of hydrogen-bond donors (Lipinski definition) is 1. The standard InChI is InChI=1S/C29H34ClN3O4S/c1-22-9-12-26(13-10-22)38(35,36)33(27-18-25(30)11-14-28(27)37-2)21-29(34)31-19-23-7-6-8-24(17-23)20-32-15-4-3-5-16-32/h6-14,17-18H,3-5,15-16,19-21H2,1-2H3,(H,31,34). The summed E-state index contributed by atoms with van der Waals surface area (Å²) in [5.74, 6) is -0.146. The fraction of sp³-hybridized carbons (Fsp3) is 0.345. The Morgan fingerprint density at radius 1 is 1.00 bits per heavy atom. The molecule has 9 heteroatoms. The normalized spacial score (nSPS) is 14.2. The summed E-state index contributed by atoms with van der Waals surface area (Å²) in [6.45, 7) is 4.85. The number of carbonyl (C=O) groups excluding carboxylic acids is 1. The molecule has 3 aromatic carbocycles. The predicted octanol–water partition coefficient (Wildman–Crippen LogP) is 5.15. The maximum atomic E-state index is 13.7. The number of aryl methyl sites for hydroxylation is 1. The number of sulfonamides is 1. The average Bonchev–Trinajstić information content (AvgIpc) is 2.91. The van der Waals surface area contributed by atoms with Gasteiger partial charge in [0.1, 0.15) is 12.3 Å². The number of anilines is 1. The van der Waals surface area contributed by atoms with E-state index < -0.39 is 22.5 Å². The van der Waals surface area contributed by atoms with Gasteiger partial charge in [-0.15, -0.1) is 0 Å². The van der Waals surface area contributed by atoms with Crippen molar-refractivity contribution in [3.05, 3.63) is 88.4 Å². The van der Waals surface area contributed by atoms with Crippen LogP contribution in [0, 0.1) is 6.92 Å². The van der Waals surface area contributed by atoms with Gasteiger partial charge in [0.15, 0.2) is 0 Å². The molecule has 0 unspecified atom stereocenters. The van der Waals surface area contributed by atoms with Gasteiger partial charge < -0.3 is 10.1 Å². The summed E-state index contributed by atoms with van der Waals surface area (Å²) in [6, 6.07) is 19.3. The number of halogens is 1. The highest BCUT2D eigenvalue weighted by atomic mass is 35.5. The predicted molar refractivity (Wildman–Crippen MR) is 151 cm³/mol. The molecule has 0 atom stereocenters. The van der Waals surface area contributed by atoms with E-state index in [1.165, 1.54) is 50.1 Å². The summed E-state index contributed by atoms with van der Waals surface area (Å²) in [7, 11) is -2.65. The molecule has 4 rings (SSSR count). The van der Waals surface area contributed by atoms with Crippen LogP contribution in [-0.4, -0.2) is 46.0 Å². The number of nitrogens with zero attached hydrogens (tertiary/aromatic N) is 2. The molecule has 202 valence electrons. The Balaban J connectivity index is 1.52. The van der Waals surface area contributed by atoms with Crippen LogP contribution in [-0.2, 0) is 27.9 Å². The minimum absolute atomic E-state index is 0.0725. The molecule has 7 nitrogen and oxygen atoms in total. The zero-order valence-corrected chi connectivity index (χ0v) is 23.4. The molecule has 0 bridgehead atoms. The SMILES string of the molecule is COc1ccc(Cl)cc1N(CC(=O)NCc1cccc(CN2CCCCC2)c1)S(=O)(=O)c1ccc(C)cc1. The van der Waals surface area contributed by atoms with Crippen LogP contribution in [0.25, 0.3) is 0 Å². The number of rotatable bonds is 10. The third-order valence-corrected chi connectivity index (χ3v) is 8.65. The number of carbonyl (C=O) groups is 1. The topological polar surface area (TPSA) is 79.0 Å². The number of benzene rings is 3. The van der Waals surface area contributed by atoms with Gasteiger partial charge in [0.2, 0.25) is 5.91 Å². The third-order valence-electron chi connectivity index (χ3n) is 6.64.